The van der Waals surface area contributed by atoms with Crippen molar-refractivity contribution in [3.63, 3.8) is 0 Å². The molecule has 0 aromatic heterocycles. The van der Waals surface area contributed by atoms with Crippen molar-refractivity contribution in [1.29, 1.82) is 0 Å². The number of aliphatic imine (C=N–C) groups is 1. The van der Waals surface area contributed by atoms with Gasteiger partial charge in [0.25, 0.3) is 5.91 Å². The van der Waals surface area contributed by atoms with E-state index in [0.717, 1.165) is 12.1 Å². The highest BCUT2D eigenvalue weighted by Crippen LogP contribution is 2.41. The van der Waals surface area contributed by atoms with Crippen LogP contribution in [0.3, 0.4) is 0 Å². The number of ether oxygens (including phenoxy) is 1. The largest absolute Gasteiger partial charge is 0.573 e. The number of hydrogen-bond donors (Lipinski definition) is 0. The molecule has 2 heterocycles. The van der Waals surface area contributed by atoms with Gasteiger partial charge in [-0.1, -0.05) is 30.0 Å². The third-order valence-corrected chi connectivity index (χ3v) is 7.84. The van der Waals surface area contributed by atoms with Crippen molar-refractivity contribution in [3.8, 4) is 5.75 Å². The fraction of sp³-hybridized carbons (Fsp3) is 0.263. The molecule has 0 unspecified atom stereocenters. The number of thioether (sulfide) groups is 1. The number of sulfone groups is 1. The van der Waals surface area contributed by atoms with Crippen LogP contribution in [0.1, 0.15) is 10.4 Å². The van der Waals surface area contributed by atoms with Gasteiger partial charge in [-0.15, -0.1) is 13.2 Å². The van der Waals surface area contributed by atoms with Gasteiger partial charge in [-0.25, -0.2) is 8.42 Å². The first-order valence-electron chi connectivity index (χ1n) is 8.81. The summed E-state index contributed by atoms with van der Waals surface area (Å²) in [6, 6.07) is 13.0. The number of fused-ring (bicyclic) bond motifs is 1. The van der Waals surface area contributed by atoms with Crippen LogP contribution < -0.4 is 9.64 Å². The van der Waals surface area contributed by atoms with Gasteiger partial charge >= 0.3 is 6.36 Å². The minimum atomic E-state index is -4.82. The second-order valence-electron chi connectivity index (χ2n) is 6.78. The SMILES string of the molecule is O=C(N=C1S[C@@H]2CS(=O)(=O)C[C@@H]2N1c1ccc(OC(F)(F)F)cc1)c1ccccc1. The van der Waals surface area contributed by atoms with E-state index in [9.17, 15) is 26.4 Å². The summed E-state index contributed by atoms with van der Waals surface area (Å²) in [5, 5.41) is 0.00154. The first kappa shape index (κ1) is 20.7. The van der Waals surface area contributed by atoms with Crippen molar-refractivity contribution in [2.45, 2.75) is 17.7 Å². The molecule has 2 aromatic carbocycles. The number of halogens is 3. The van der Waals surface area contributed by atoms with Gasteiger partial charge in [-0.05, 0) is 36.4 Å². The van der Waals surface area contributed by atoms with Gasteiger partial charge in [0, 0.05) is 16.5 Å². The lowest BCUT2D eigenvalue weighted by atomic mass is 10.2. The number of carbonyl (C=O) groups is 1. The number of amidine groups is 1. The minimum Gasteiger partial charge on any atom is -0.406 e. The Balaban J connectivity index is 1.67. The molecule has 0 aliphatic carbocycles. The lowest BCUT2D eigenvalue weighted by Crippen LogP contribution is -2.37. The summed E-state index contributed by atoms with van der Waals surface area (Å²) >= 11 is 1.19. The Kier molecular flexibility index (Phi) is 5.27. The predicted molar refractivity (Wildman–Crippen MR) is 108 cm³/mol. The molecule has 158 valence electrons. The van der Waals surface area contributed by atoms with Gasteiger partial charge < -0.3 is 9.64 Å². The molecule has 0 saturated carbocycles. The topological polar surface area (TPSA) is 76.0 Å². The number of hydrogen-bond acceptors (Lipinski definition) is 5. The van der Waals surface area contributed by atoms with Gasteiger partial charge in [-0.3, -0.25) is 4.79 Å². The van der Waals surface area contributed by atoms with Crippen LogP contribution in [0.5, 0.6) is 5.75 Å². The maximum absolute atomic E-state index is 12.5. The Bertz CT molecular complexity index is 1090. The summed E-state index contributed by atoms with van der Waals surface area (Å²) in [4.78, 5) is 18.3. The van der Waals surface area contributed by atoms with Crippen molar-refractivity contribution < 1.29 is 31.1 Å². The Morgan fingerprint density at radius 1 is 1.07 bits per heavy atom. The molecule has 0 radical (unpaired) electrons. The molecule has 0 spiro atoms. The summed E-state index contributed by atoms with van der Waals surface area (Å²) in [7, 11) is -3.26. The standard InChI is InChI=1S/C19H15F3N2O4S2/c20-19(21,22)28-14-8-6-13(7-9-14)24-15-10-30(26,27)11-16(15)29-18(24)23-17(25)12-4-2-1-3-5-12/h1-9,15-16H,10-11H2/t15-,16+/m0/s1. The molecule has 0 bridgehead atoms. The number of carbonyl (C=O) groups excluding carboxylic acids is 1. The average Bonchev–Trinajstić information content (AvgIpc) is 3.13. The fourth-order valence-electron chi connectivity index (χ4n) is 3.41. The summed E-state index contributed by atoms with van der Waals surface area (Å²) in [5.41, 5.74) is 0.811. The molecule has 2 atom stereocenters. The van der Waals surface area contributed by atoms with Crippen LogP contribution in [0.2, 0.25) is 0 Å². The number of alkyl halides is 3. The van der Waals surface area contributed by atoms with Crippen LogP contribution in [0.15, 0.2) is 59.6 Å². The van der Waals surface area contributed by atoms with Crippen LogP contribution >= 0.6 is 11.8 Å². The summed E-state index contributed by atoms with van der Waals surface area (Å²) in [5.74, 6) is -1.05. The third kappa shape index (κ3) is 4.46. The van der Waals surface area contributed by atoms with Crippen molar-refractivity contribution in [2.24, 2.45) is 4.99 Å². The maximum atomic E-state index is 12.5. The molecular formula is C19H15F3N2O4S2. The molecule has 6 nitrogen and oxygen atoms in total. The molecule has 0 N–H and O–H groups in total. The Hall–Kier alpha value is -2.53. The predicted octanol–water partition coefficient (Wildman–Crippen LogP) is 3.50. The highest BCUT2D eigenvalue weighted by Gasteiger charge is 2.49. The van der Waals surface area contributed by atoms with Crippen LogP contribution in [-0.4, -0.2) is 48.7 Å². The molecule has 1 amide bonds. The molecule has 2 fully saturated rings. The van der Waals surface area contributed by atoms with E-state index in [1.54, 1.807) is 35.2 Å². The Morgan fingerprint density at radius 2 is 1.73 bits per heavy atom. The number of nitrogens with zero attached hydrogens (tertiary/aromatic N) is 2. The van der Waals surface area contributed by atoms with Crippen LogP contribution in [-0.2, 0) is 9.84 Å². The van der Waals surface area contributed by atoms with Gasteiger partial charge in [0.15, 0.2) is 15.0 Å². The first-order chi connectivity index (χ1) is 14.1. The smallest absolute Gasteiger partial charge is 0.406 e. The molecule has 30 heavy (non-hydrogen) atoms. The second-order valence-corrected chi connectivity index (χ2v) is 10.1. The molecular weight excluding hydrogens is 441 g/mol. The number of anilines is 1. The maximum Gasteiger partial charge on any atom is 0.573 e. The van der Waals surface area contributed by atoms with E-state index in [2.05, 4.69) is 9.73 Å². The zero-order chi connectivity index (χ0) is 21.5. The van der Waals surface area contributed by atoms with E-state index in [-0.39, 0.29) is 16.8 Å². The van der Waals surface area contributed by atoms with Gasteiger partial charge in [-0.2, -0.15) is 4.99 Å². The van der Waals surface area contributed by atoms with E-state index in [1.165, 1.54) is 23.9 Å². The Morgan fingerprint density at radius 3 is 2.37 bits per heavy atom. The number of benzene rings is 2. The van der Waals surface area contributed by atoms with Crippen LogP contribution in [0.25, 0.3) is 0 Å². The van der Waals surface area contributed by atoms with Crippen molar-refractivity contribution in [2.75, 3.05) is 16.4 Å². The Labute approximate surface area is 174 Å². The van der Waals surface area contributed by atoms with E-state index in [4.69, 9.17) is 0 Å². The van der Waals surface area contributed by atoms with Gasteiger partial charge in [0.05, 0.1) is 17.5 Å². The van der Waals surface area contributed by atoms with Gasteiger partial charge in [0.2, 0.25) is 0 Å². The zero-order valence-electron chi connectivity index (χ0n) is 15.2. The van der Waals surface area contributed by atoms with E-state index < -0.39 is 33.9 Å². The average molecular weight is 456 g/mol. The first-order valence-corrected chi connectivity index (χ1v) is 11.5. The summed E-state index contributed by atoms with van der Waals surface area (Å²) in [6.07, 6.45) is -4.82. The monoisotopic (exact) mass is 456 g/mol. The normalized spacial score (nSPS) is 24.1. The summed E-state index contributed by atoms with van der Waals surface area (Å²) < 4.78 is 65.3. The van der Waals surface area contributed by atoms with Crippen molar-refractivity contribution in [1.82, 2.24) is 0 Å². The molecule has 2 saturated heterocycles. The van der Waals surface area contributed by atoms with E-state index >= 15 is 0 Å². The lowest BCUT2D eigenvalue weighted by Gasteiger charge is -2.24. The van der Waals surface area contributed by atoms with Crippen LogP contribution in [0, 0.1) is 0 Å². The number of amides is 1. The number of rotatable bonds is 3. The van der Waals surface area contributed by atoms with E-state index in [0.29, 0.717) is 16.4 Å². The molecule has 2 aromatic rings. The molecule has 11 heteroatoms. The minimum absolute atomic E-state index is 0.0490. The highest BCUT2D eigenvalue weighted by atomic mass is 32.2. The highest BCUT2D eigenvalue weighted by molar-refractivity contribution is 8.16. The fourth-order valence-corrected chi connectivity index (χ4v) is 7.32. The third-order valence-electron chi connectivity index (χ3n) is 4.63. The van der Waals surface area contributed by atoms with Crippen LogP contribution in [0.4, 0.5) is 18.9 Å². The molecule has 2 aliphatic rings. The quantitative estimate of drug-likeness (QED) is 0.704. The zero-order valence-corrected chi connectivity index (χ0v) is 16.9. The van der Waals surface area contributed by atoms with E-state index in [1.807, 2.05) is 0 Å². The van der Waals surface area contributed by atoms with Crippen molar-refractivity contribution >= 4 is 38.4 Å². The molecule has 4 rings (SSSR count). The van der Waals surface area contributed by atoms with Gasteiger partial charge in [0.1, 0.15) is 5.75 Å². The molecule has 2 aliphatic heterocycles. The lowest BCUT2D eigenvalue weighted by molar-refractivity contribution is -0.274. The second kappa shape index (κ2) is 7.62. The summed E-state index contributed by atoms with van der Waals surface area (Å²) in [6.45, 7) is 0. The van der Waals surface area contributed by atoms with Crippen molar-refractivity contribution in [3.05, 3.63) is 60.2 Å².